The zero-order valence-electron chi connectivity index (χ0n) is 13.8. The van der Waals surface area contributed by atoms with Crippen LogP contribution in [0.1, 0.15) is 51.6 Å². The number of benzene rings is 1. The predicted octanol–water partition coefficient (Wildman–Crippen LogP) is 3.85. The molecule has 1 aromatic rings. The maximum Gasteiger partial charge on any atom is 0.0294 e. The third-order valence-electron chi connectivity index (χ3n) is 5.58. The van der Waals surface area contributed by atoms with Gasteiger partial charge in [-0.1, -0.05) is 36.8 Å². The molecule has 2 fully saturated rings. The number of nitrogens with zero attached hydrogens (tertiary/aromatic N) is 1. The second-order valence-corrected chi connectivity index (χ2v) is 7.32. The molecule has 1 heterocycles. The Bertz CT molecular complexity index is 428. The van der Waals surface area contributed by atoms with Gasteiger partial charge in [-0.25, -0.2) is 0 Å². The molecular weight excluding hydrogens is 256 g/mol. The summed E-state index contributed by atoms with van der Waals surface area (Å²) in [4.78, 5) is 2.69. The lowest BCUT2D eigenvalue weighted by atomic mass is 9.73. The molecule has 1 aliphatic heterocycles. The normalized spacial score (nSPS) is 31.3. The molecule has 1 saturated heterocycles. The Kier molecular flexibility index (Phi) is 4.66. The topological polar surface area (TPSA) is 15.3 Å². The summed E-state index contributed by atoms with van der Waals surface area (Å²) in [6, 6.07) is 12.8. The van der Waals surface area contributed by atoms with Gasteiger partial charge in [0, 0.05) is 31.2 Å². The van der Waals surface area contributed by atoms with E-state index in [1.807, 2.05) is 0 Å². The first-order chi connectivity index (χ1) is 10.1. The van der Waals surface area contributed by atoms with Gasteiger partial charge in [-0.2, -0.15) is 0 Å². The number of hydrogen-bond acceptors (Lipinski definition) is 2. The van der Waals surface area contributed by atoms with Crippen LogP contribution in [-0.4, -0.2) is 30.1 Å². The maximum atomic E-state index is 3.97. The largest absolute Gasteiger partial charge is 0.307 e. The van der Waals surface area contributed by atoms with Gasteiger partial charge in [0.05, 0.1) is 0 Å². The molecule has 0 radical (unpaired) electrons. The monoisotopic (exact) mass is 286 g/mol. The van der Waals surface area contributed by atoms with E-state index in [9.17, 15) is 0 Å². The Hall–Kier alpha value is -0.860. The third kappa shape index (κ3) is 3.32. The first-order valence-corrected chi connectivity index (χ1v) is 8.70. The number of rotatable bonds is 4. The highest BCUT2D eigenvalue weighted by Crippen LogP contribution is 2.36. The molecule has 21 heavy (non-hydrogen) atoms. The van der Waals surface area contributed by atoms with Gasteiger partial charge in [-0.05, 0) is 51.0 Å². The molecule has 0 amide bonds. The van der Waals surface area contributed by atoms with E-state index in [-0.39, 0.29) is 0 Å². The van der Waals surface area contributed by atoms with E-state index in [1.54, 1.807) is 0 Å². The molecule has 3 unspecified atom stereocenters. The Morgan fingerprint density at radius 1 is 1.00 bits per heavy atom. The van der Waals surface area contributed by atoms with Crippen molar-refractivity contribution in [2.45, 2.75) is 58.2 Å². The highest BCUT2D eigenvalue weighted by molar-refractivity contribution is 5.18. The van der Waals surface area contributed by atoms with E-state index in [1.165, 1.54) is 37.9 Å². The van der Waals surface area contributed by atoms with Gasteiger partial charge in [0.2, 0.25) is 0 Å². The first-order valence-electron chi connectivity index (χ1n) is 8.70. The smallest absolute Gasteiger partial charge is 0.0294 e. The summed E-state index contributed by atoms with van der Waals surface area (Å²) in [5.41, 5.74) is 1.42. The Morgan fingerprint density at radius 3 is 2.19 bits per heavy atom. The molecule has 1 N–H and O–H groups in total. The van der Waals surface area contributed by atoms with Gasteiger partial charge in [0.1, 0.15) is 0 Å². The minimum absolute atomic E-state index is 0.463. The van der Waals surface area contributed by atoms with Gasteiger partial charge in [0.15, 0.2) is 0 Å². The van der Waals surface area contributed by atoms with Gasteiger partial charge < -0.3 is 10.2 Å². The standard InChI is InChI=1S/C19H30N2/c1-14(2)21-12-17-10-7-11-18(13-21)19(17)20-15(3)16-8-5-4-6-9-16/h4-6,8-9,14-15,17-20H,7,10-13H2,1-3H3. The van der Waals surface area contributed by atoms with Gasteiger partial charge in [0.25, 0.3) is 0 Å². The van der Waals surface area contributed by atoms with Crippen LogP contribution in [0.2, 0.25) is 0 Å². The minimum atomic E-state index is 0.463. The zero-order chi connectivity index (χ0) is 14.8. The van der Waals surface area contributed by atoms with Crippen molar-refractivity contribution in [3.05, 3.63) is 35.9 Å². The number of hydrogen-bond donors (Lipinski definition) is 1. The van der Waals surface area contributed by atoms with Crippen LogP contribution in [0.25, 0.3) is 0 Å². The second-order valence-electron chi connectivity index (χ2n) is 7.32. The maximum absolute atomic E-state index is 3.97. The van der Waals surface area contributed by atoms with Crippen LogP contribution in [0.3, 0.4) is 0 Å². The number of likely N-dealkylation sites (tertiary alicyclic amines) is 1. The van der Waals surface area contributed by atoms with E-state index < -0.39 is 0 Å². The number of fused-ring (bicyclic) bond motifs is 2. The summed E-state index contributed by atoms with van der Waals surface area (Å²) in [6.07, 6.45) is 4.23. The SMILES string of the molecule is CC(NC1C2CCCC1CN(C(C)C)C2)c1ccccc1. The quantitative estimate of drug-likeness (QED) is 0.904. The summed E-state index contributed by atoms with van der Waals surface area (Å²) >= 11 is 0. The fraction of sp³-hybridized carbons (Fsp3) is 0.684. The predicted molar refractivity (Wildman–Crippen MR) is 89.3 cm³/mol. The molecule has 116 valence electrons. The van der Waals surface area contributed by atoms with Gasteiger partial charge in [-0.3, -0.25) is 0 Å². The molecule has 3 atom stereocenters. The molecule has 1 aliphatic carbocycles. The van der Waals surface area contributed by atoms with Crippen LogP contribution >= 0.6 is 0 Å². The molecule has 0 spiro atoms. The zero-order valence-corrected chi connectivity index (χ0v) is 13.8. The van der Waals surface area contributed by atoms with E-state index in [4.69, 9.17) is 0 Å². The van der Waals surface area contributed by atoms with Crippen LogP contribution in [0.5, 0.6) is 0 Å². The lowest BCUT2D eigenvalue weighted by Gasteiger charge is -2.50. The highest BCUT2D eigenvalue weighted by Gasteiger charge is 2.40. The van der Waals surface area contributed by atoms with Crippen molar-refractivity contribution in [1.29, 1.82) is 0 Å². The van der Waals surface area contributed by atoms with Gasteiger partial charge >= 0.3 is 0 Å². The fourth-order valence-electron chi connectivity index (χ4n) is 4.29. The van der Waals surface area contributed by atoms with E-state index in [0.29, 0.717) is 18.1 Å². The molecule has 2 aliphatic rings. The van der Waals surface area contributed by atoms with Crippen molar-refractivity contribution in [2.75, 3.05) is 13.1 Å². The third-order valence-corrected chi connectivity index (χ3v) is 5.58. The Morgan fingerprint density at radius 2 is 1.62 bits per heavy atom. The van der Waals surface area contributed by atoms with Gasteiger partial charge in [-0.15, -0.1) is 0 Å². The first kappa shape index (κ1) is 15.1. The van der Waals surface area contributed by atoms with E-state index >= 15 is 0 Å². The van der Waals surface area contributed by atoms with E-state index in [2.05, 4.69) is 61.3 Å². The summed E-state index contributed by atoms with van der Waals surface area (Å²) in [5, 5.41) is 3.97. The molecular formula is C19H30N2. The molecule has 1 saturated carbocycles. The highest BCUT2D eigenvalue weighted by atomic mass is 15.2. The molecule has 0 aromatic heterocycles. The Balaban J connectivity index is 1.68. The van der Waals surface area contributed by atoms with Crippen molar-refractivity contribution in [1.82, 2.24) is 10.2 Å². The molecule has 3 rings (SSSR count). The van der Waals surface area contributed by atoms with E-state index in [0.717, 1.165) is 11.8 Å². The fourth-order valence-corrected chi connectivity index (χ4v) is 4.29. The van der Waals surface area contributed by atoms with Crippen LogP contribution < -0.4 is 5.32 Å². The molecule has 2 bridgehead atoms. The van der Waals surface area contributed by atoms with Crippen molar-refractivity contribution < 1.29 is 0 Å². The summed E-state index contributed by atoms with van der Waals surface area (Å²) < 4.78 is 0. The van der Waals surface area contributed by atoms with Crippen LogP contribution in [0.4, 0.5) is 0 Å². The Labute approximate surface area is 129 Å². The van der Waals surface area contributed by atoms with Crippen molar-refractivity contribution >= 4 is 0 Å². The van der Waals surface area contributed by atoms with Crippen LogP contribution in [0, 0.1) is 11.8 Å². The minimum Gasteiger partial charge on any atom is -0.307 e. The summed E-state index contributed by atoms with van der Waals surface area (Å²) in [7, 11) is 0. The second kappa shape index (κ2) is 6.50. The van der Waals surface area contributed by atoms with Crippen molar-refractivity contribution in [2.24, 2.45) is 11.8 Å². The lowest BCUT2D eigenvalue weighted by molar-refractivity contribution is 0.0257. The molecule has 1 aromatic carbocycles. The lowest BCUT2D eigenvalue weighted by Crippen LogP contribution is -2.58. The van der Waals surface area contributed by atoms with Crippen molar-refractivity contribution in [3.63, 3.8) is 0 Å². The summed E-state index contributed by atoms with van der Waals surface area (Å²) in [6.45, 7) is 9.58. The number of piperidine rings is 1. The van der Waals surface area contributed by atoms with Crippen LogP contribution in [-0.2, 0) is 0 Å². The molecule has 2 heteroatoms. The average Bonchev–Trinajstić information content (AvgIpc) is 2.47. The van der Waals surface area contributed by atoms with Crippen LogP contribution in [0.15, 0.2) is 30.3 Å². The van der Waals surface area contributed by atoms with Crippen molar-refractivity contribution in [3.8, 4) is 0 Å². The number of nitrogens with one attached hydrogen (secondary N) is 1. The molecule has 2 nitrogen and oxygen atoms in total. The summed E-state index contributed by atoms with van der Waals surface area (Å²) in [5.74, 6) is 1.68. The average molecular weight is 286 g/mol.